The van der Waals surface area contributed by atoms with E-state index in [4.69, 9.17) is 0 Å². The van der Waals surface area contributed by atoms with Crippen LogP contribution in [0.5, 0.6) is 0 Å². The zero-order valence-corrected chi connectivity index (χ0v) is 6.55. The highest BCUT2D eigenvalue weighted by Gasteiger charge is 2.31. The highest BCUT2D eigenvalue weighted by atomic mass is 31.0. The van der Waals surface area contributed by atoms with Gasteiger partial charge in [-0.25, -0.2) is 0 Å². The molecule has 1 atom stereocenters. The second kappa shape index (κ2) is 2.78. The van der Waals surface area contributed by atoms with E-state index in [9.17, 15) is 13.2 Å². The molecule has 0 aromatic carbocycles. The second-order valence-corrected chi connectivity index (χ2v) is 2.64. The lowest BCUT2D eigenvalue weighted by Crippen LogP contribution is -2.09. The normalized spacial score (nSPS) is 11.6. The number of nitrogens with zero attached hydrogens (tertiary/aromatic N) is 1. The monoisotopic (exact) mass is 179 g/mol. The molecular formula is C6H5F3NP. The van der Waals surface area contributed by atoms with Crippen LogP contribution in [0.2, 0.25) is 0 Å². The standard InChI is InChI=1S/C6H5F3NP/c7-6(8,9)5-2-1-4(11)3-10-5/h1-3H,11H2. The Hall–Kier alpha value is -0.630. The minimum absolute atomic E-state index is 0.637. The molecule has 11 heavy (non-hydrogen) atoms. The number of rotatable bonds is 0. The first kappa shape index (κ1) is 8.47. The molecular weight excluding hydrogens is 174 g/mol. The van der Waals surface area contributed by atoms with Gasteiger partial charge < -0.3 is 0 Å². The van der Waals surface area contributed by atoms with E-state index in [1.165, 1.54) is 6.07 Å². The van der Waals surface area contributed by atoms with Crippen LogP contribution in [0.4, 0.5) is 13.2 Å². The van der Waals surface area contributed by atoms with E-state index < -0.39 is 11.9 Å². The maximum Gasteiger partial charge on any atom is 0.433 e. The van der Waals surface area contributed by atoms with E-state index in [-0.39, 0.29) is 0 Å². The fourth-order valence-corrected chi connectivity index (χ4v) is 0.744. The number of pyridine rings is 1. The zero-order chi connectivity index (χ0) is 8.48. The molecule has 0 amide bonds. The second-order valence-electron chi connectivity index (χ2n) is 1.97. The number of aromatic nitrogens is 1. The molecule has 60 valence electrons. The number of hydrogen-bond donors (Lipinski definition) is 0. The molecule has 0 saturated carbocycles. The Morgan fingerprint density at radius 1 is 1.27 bits per heavy atom. The number of alkyl halides is 3. The first-order valence-corrected chi connectivity index (χ1v) is 3.36. The van der Waals surface area contributed by atoms with Crippen LogP contribution in [0.3, 0.4) is 0 Å². The summed E-state index contributed by atoms with van der Waals surface area (Å²) in [4.78, 5) is 3.20. The number of halogens is 3. The minimum Gasteiger partial charge on any atom is -0.251 e. The molecule has 0 aliphatic rings. The van der Waals surface area contributed by atoms with E-state index >= 15 is 0 Å². The van der Waals surface area contributed by atoms with Gasteiger partial charge in [-0.05, 0) is 11.4 Å². The van der Waals surface area contributed by atoms with Gasteiger partial charge >= 0.3 is 6.18 Å². The average Bonchev–Trinajstić information content (AvgIpc) is 1.86. The summed E-state index contributed by atoms with van der Waals surface area (Å²) in [5.41, 5.74) is -0.858. The summed E-state index contributed by atoms with van der Waals surface area (Å²) < 4.78 is 35.6. The molecule has 1 aromatic rings. The van der Waals surface area contributed by atoms with Gasteiger partial charge in [-0.3, -0.25) is 4.98 Å². The minimum atomic E-state index is -4.33. The maximum atomic E-state index is 11.9. The third-order valence-corrected chi connectivity index (χ3v) is 1.42. The molecule has 1 nitrogen and oxygen atoms in total. The Balaban J connectivity index is 2.99. The van der Waals surface area contributed by atoms with Crippen LogP contribution in [0.15, 0.2) is 18.3 Å². The van der Waals surface area contributed by atoms with Crippen molar-refractivity contribution in [1.29, 1.82) is 0 Å². The molecule has 1 aromatic heterocycles. The smallest absolute Gasteiger partial charge is 0.251 e. The summed E-state index contributed by atoms with van der Waals surface area (Å²) in [6.45, 7) is 0. The van der Waals surface area contributed by atoms with Crippen LogP contribution < -0.4 is 5.30 Å². The van der Waals surface area contributed by atoms with Crippen molar-refractivity contribution in [3.8, 4) is 0 Å². The molecule has 0 aliphatic carbocycles. The van der Waals surface area contributed by atoms with Crippen molar-refractivity contribution in [2.24, 2.45) is 0 Å². The molecule has 0 fully saturated rings. The van der Waals surface area contributed by atoms with Crippen LogP contribution in [0.1, 0.15) is 5.69 Å². The molecule has 0 N–H and O–H groups in total. The Bertz CT molecular complexity index is 241. The van der Waals surface area contributed by atoms with E-state index in [1.54, 1.807) is 0 Å². The first-order valence-electron chi connectivity index (χ1n) is 2.79. The summed E-state index contributed by atoms with van der Waals surface area (Å²) >= 11 is 0. The Labute approximate surface area is 63.8 Å². The van der Waals surface area contributed by atoms with Gasteiger partial charge in [0.05, 0.1) is 0 Å². The zero-order valence-electron chi connectivity index (χ0n) is 5.39. The van der Waals surface area contributed by atoms with Gasteiger partial charge in [-0.2, -0.15) is 13.2 Å². The van der Waals surface area contributed by atoms with Gasteiger partial charge in [-0.1, -0.05) is 6.07 Å². The molecule has 5 heteroatoms. The lowest BCUT2D eigenvalue weighted by molar-refractivity contribution is -0.141. The Morgan fingerprint density at radius 3 is 2.27 bits per heavy atom. The van der Waals surface area contributed by atoms with Gasteiger partial charge in [-0.15, -0.1) is 9.24 Å². The molecule has 1 rings (SSSR count). The van der Waals surface area contributed by atoms with Crippen molar-refractivity contribution in [2.75, 3.05) is 0 Å². The quantitative estimate of drug-likeness (QED) is 0.551. The Morgan fingerprint density at radius 2 is 1.91 bits per heavy atom. The Kier molecular flexibility index (Phi) is 2.14. The molecule has 0 aliphatic heterocycles. The average molecular weight is 179 g/mol. The molecule has 1 heterocycles. The van der Waals surface area contributed by atoms with Crippen LogP contribution >= 0.6 is 9.24 Å². The van der Waals surface area contributed by atoms with Gasteiger partial charge in [0.1, 0.15) is 5.69 Å². The first-order chi connectivity index (χ1) is 5.00. The third-order valence-electron chi connectivity index (χ3n) is 1.08. The predicted molar refractivity (Wildman–Crippen MR) is 38.6 cm³/mol. The fraction of sp³-hybridized carbons (Fsp3) is 0.167. The summed E-state index contributed by atoms with van der Waals surface area (Å²) in [5, 5.41) is 0.637. The predicted octanol–water partition coefficient (Wildman–Crippen LogP) is 1.60. The molecule has 0 bridgehead atoms. The molecule has 1 unspecified atom stereocenters. The van der Waals surface area contributed by atoms with Crippen molar-refractivity contribution < 1.29 is 13.2 Å². The summed E-state index contributed by atoms with van der Waals surface area (Å²) in [7, 11) is 2.26. The van der Waals surface area contributed by atoms with Gasteiger partial charge in [0.2, 0.25) is 0 Å². The largest absolute Gasteiger partial charge is 0.433 e. The van der Waals surface area contributed by atoms with Crippen molar-refractivity contribution in [3.05, 3.63) is 24.0 Å². The van der Waals surface area contributed by atoms with Crippen LogP contribution in [0.25, 0.3) is 0 Å². The lowest BCUT2D eigenvalue weighted by Gasteiger charge is -2.03. The fourth-order valence-electron chi connectivity index (χ4n) is 0.573. The summed E-state index contributed by atoms with van der Waals surface area (Å²) in [6.07, 6.45) is -3.17. The summed E-state index contributed by atoms with van der Waals surface area (Å²) in [5.74, 6) is 0. The molecule has 0 spiro atoms. The van der Waals surface area contributed by atoms with E-state index in [0.29, 0.717) is 5.30 Å². The molecule has 0 radical (unpaired) electrons. The third kappa shape index (κ3) is 2.15. The highest BCUT2D eigenvalue weighted by Crippen LogP contribution is 2.26. The lowest BCUT2D eigenvalue weighted by atomic mass is 10.3. The van der Waals surface area contributed by atoms with Crippen molar-refractivity contribution >= 4 is 14.5 Å². The van der Waals surface area contributed by atoms with Crippen molar-refractivity contribution in [2.45, 2.75) is 6.18 Å². The van der Waals surface area contributed by atoms with Crippen LogP contribution in [-0.4, -0.2) is 4.98 Å². The van der Waals surface area contributed by atoms with Gasteiger partial charge in [0.25, 0.3) is 0 Å². The van der Waals surface area contributed by atoms with E-state index in [2.05, 4.69) is 14.2 Å². The number of hydrogen-bond acceptors (Lipinski definition) is 1. The van der Waals surface area contributed by atoms with Crippen LogP contribution in [0, 0.1) is 0 Å². The van der Waals surface area contributed by atoms with Crippen LogP contribution in [-0.2, 0) is 6.18 Å². The molecule has 0 saturated heterocycles. The van der Waals surface area contributed by atoms with E-state index in [1.807, 2.05) is 0 Å². The van der Waals surface area contributed by atoms with Gasteiger partial charge in [0, 0.05) is 6.20 Å². The van der Waals surface area contributed by atoms with Crippen molar-refractivity contribution in [3.63, 3.8) is 0 Å². The maximum absolute atomic E-state index is 11.9. The van der Waals surface area contributed by atoms with E-state index in [0.717, 1.165) is 12.3 Å². The summed E-state index contributed by atoms with van der Waals surface area (Å²) in [6, 6.07) is 2.29. The van der Waals surface area contributed by atoms with Crippen molar-refractivity contribution in [1.82, 2.24) is 4.98 Å². The SMILES string of the molecule is FC(F)(F)c1ccc(P)cn1. The highest BCUT2D eigenvalue weighted by molar-refractivity contribution is 7.27. The topological polar surface area (TPSA) is 12.9 Å². The van der Waals surface area contributed by atoms with Gasteiger partial charge in [0.15, 0.2) is 0 Å².